The van der Waals surface area contributed by atoms with Gasteiger partial charge >= 0.3 is 0 Å². The number of piperazine rings is 1. The first-order chi connectivity index (χ1) is 17.7. The van der Waals surface area contributed by atoms with Crippen molar-refractivity contribution in [1.82, 2.24) is 23.9 Å². The van der Waals surface area contributed by atoms with Gasteiger partial charge in [-0.1, -0.05) is 23.8 Å². The van der Waals surface area contributed by atoms with E-state index >= 15 is 0 Å². The van der Waals surface area contributed by atoms with E-state index in [2.05, 4.69) is 20.0 Å². The number of aryl methyl sites for hydroxylation is 3. The van der Waals surface area contributed by atoms with Crippen LogP contribution in [0.4, 0.5) is 5.82 Å². The zero-order chi connectivity index (χ0) is 26.3. The minimum atomic E-state index is -3.63. The zero-order valence-electron chi connectivity index (χ0n) is 21.6. The van der Waals surface area contributed by atoms with Crippen LogP contribution in [0.5, 0.6) is 11.5 Å². The first-order valence-electron chi connectivity index (χ1n) is 12.0. The minimum Gasteiger partial charge on any atom is -0.493 e. The Morgan fingerprint density at radius 2 is 1.54 bits per heavy atom. The van der Waals surface area contributed by atoms with Gasteiger partial charge in [-0.15, -0.1) is 0 Å². The summed E-state index contributed by atoms with van der Waals surface area (Å²) in [6.45, 7) is 7.36. The predicted molar refractivity (Wildman–Crippen MR) is 141 cm³/mol. The van der Waals surface area contributed by atoms with Crippen LogP contribution in [0.15, 0.2) is 47.8 Å². The second-order valence-corrected chi connectivity index (χ2v) is 11.0. The molecule has 0 spiro atoms. The van der Waals surface area contributed by atoms with Crippen molar-refractivity contribution in [2.24, 2.45) is 0 Å². The molecule has 1 aliphatic rings. The van der Waals surface area contributed by atoms with Crippen LogP contribution < -0.4 is 14.4 Å². The molecule has 0 aliphatic carbocycles. The van der Waals surface area contributed by atoms with E-state index in [4.69, 9.17) is 9.47 Å². The van der Waals surface area contributed by atoms with Crippen LogP contribution in [0.3, 0.4) is 0 Å². The van der Waals surface area contributed by atoms with Crippen molar-refractivity contribution in [3.05, 3.63) is 59.5 Å². The number of ether oxygens (including phenoxy) is 2. The molecule has 0 radical (unpaired) electrons. The fourth-order valence-electron chi connectivity index (χ4n) is 5.12. The molecule has 2 aromatic heterocycles. The molecule has 2 aromatic carbocycles. The minimum absolute atomic E-state index is 0.346. The first-order valence-corrected chi connectivity index (χ1v) is 13.4. The Kier molecular flexibility index (Phi) is 6.50. The Hall–Kier alpha value is -3.70. The number of methoxy groups -OCH3 is 2. The summed E-state index contributed by atoms with van der Waals surface area (Å²) in [5.41, 5.74) is 4.30. The Morgan fingerprint density at radius 1 is 0.865 bits per heavy atom. The Morgan fingerprint density at radius 3 is 2.19 bits per heavy atom. The molecular formula is C26H30N6O4S. The molecule has 0 N–H and O–H groups in total. The van der Waals surface area contributed by atoms with Gasteiger partial charge in [0.2, 0.25) is 10.0 Å². The highest BCUT2D eigenvalue weighted by molar-refractivity contribution is 7.89. The molecule has 0 atom stereocenters. The van der Waals surface area contributed by atoms with E-state index in [0.717, 1.165) is 33.6 Å². The molecule has 11 heteroatoms. The number of hydrogen-bond acceptors (Lipinski definition) is 8. The Bertz CT molecular complexity index is 1550. The standard InChI is InChI=1S/C26H30N6O4S/c1-17-12-18(2)24(19(3)13-17)37(33,34)31-10-8-30(9-11-31)25-21(15-27-26-28-16-29-32(25)26)20-6-7-22(35-4)23(14-20)36-5/h6-7,12-16H,8-11H2,1-5H3. The maximum absolute atomic E-state index is 13.6. The molecule has 4 aromatic rings. The second kappa shape index (κ2) is 9.64. The Balaban J connectivity index is 1.49. The van der Waals surface area contributed by atoms with Gasteiger partial charge in [-0.3, -0.25) is 0 Å². The zero-order valence-corrected chi connectivity index (χ0v) is 22.4. The number of anilines is 1. The summed E-state index contributed by atoms with van der Waals surface area (Å²) in [6, 6.07) is 9.52. The van der Waals surface area contributed by atoms with Crippen LogP contribution in [0.2, 0.25) is 0 Å². The van der Waals surface area contributed by atoms with E-state index in [1.807, 2.05) is 51.1 Å². The third-order valence-corrected chi connectivity index (χ3v) is 8.92. The van der Waals surface area contributed by atoms with Gasteiger partial charge < -0.3 is 14.4 Å². The Labute approximate surface area is 216 Å². The van der Waals surface area contributed by atoms with Gasteiger partial charge in [0, 0.05) is 37.9 Å². The fraction of sp³-hybridized carbons (Fsp3) is 0.346. The molecule has 5 rings (SSSR count). The number of rotatable bonds is 6. The van der Waals surface area contributed by atoms with Gasteiger partial charge in [0.25, 0.3) is 5.78 Å². The quantitative estimate of drug-likeness (QED) is 0.380. The topological polar surface area (TPSA) is 102 Å². The number of fused-ring (bicyclic) bond motifs is 1. The smallest absolute Gasteiger partial charge is 0.254 e. The average Bonchev–Trinajstić information content (AvgIpc) is 3.36. The maximum Gasteiger partial charge on any atom is 0.254 e. The molecule has 0 saturated carbocycles. The molecular weight excluding hydrogens is 492 g/mol. The molecule has 0 amide bonds. The van der Waals surface area contributed by atoms with Crippen molar-refractivity contribution in [1.29, 1.82) is 0 Å². The summed E-state index contributed by atoms with van der Waals surface area (Å²) in [5.74, 6) is 2.50. The third kappa shape index (κ3) is 4.38. The largest absolute Gasteiger partial charge is 0.493 e. The number of nitrogens with zero attached hydrogens (tertiary/aromatic N) is 6. The number of sulfonamides is 1. The molecule has 1 aliphatic heterocycles. The van der Waals surface area contributed by atoms with Gasteiger partial charge in [-0.05, 0) is 49.6 Å². The number of aromatic nitrogens is 4. The molecule has 3 heterocycles. The van der Waals surface area contributed by atoms with E-state index in [1.165, 1.54) is 6.33 Å². The van der Waals surface area contributed by atoms with Crippen LogP contribution in [-0.2, 0) is 10.0 Å². The highest BCUT2D eigenvalue weighted by Gasteiger charge is 2.32. The summed E-state index contributed by atoms with van der Waals surface area (Å²) in [5, 5.41) is 4.42. The van der Waals surface area contributed by atoms with Crippen molar-refractivity contribution in [2.75, 3.05) is 45.3 Å². The van der Waals surface area contributed by atoms with Crippen LogP contribution in [0.1, 0.15) is 16.7 Å². The average molecular weight is 523 g/mol. The van der Waals surface area contributed by atoms with Crippen LogP contribution in [0.25, 0.3) is 16.9 Å². The number of benzene rings is 2. The summed E-state index contributed by atoms with van der Waals surface area (Å²) < 4.78 is 41.4. The molecule has 194 valence electrons. The first kappa shape index (κ1) is 25.0. The molecule has 0 unspecified atom stereocenters. The third-order valence-electron chi connectivity index (χ3n) is 6.72. The highest BCUT2D eigenvalue weighted by atomic mass is 32.2. The summed E-state index contributed by atoms with van der Waals surface area (Å²) in [6.07, 6.45) is 3.23. The van der Waals surface area contributed by atoms with Crippen LogP contribution >= 0.6 is 0 Å². The van der Waals surface area contributed by atoms with Crippen molar-refractivity contribution in [3.63, 3.8) is 0 Å². The van der Waals surface area contributed by atoms with Gasteiger partial charge in [-0.2, -0.15) is 18.9 Å². The second-order valence-electron chi connectivity index (χ2n) is 9.16. The lowest BCUT2D eigenvalue weighted by Gasteiger charge is -2.36. The van der Waals surface area contributed by atoms with Crippen molar-refractivity contribution < 1.29 is 17.9 Å². The lowest BCUT2D eigenvalue weighted by atomic mass is 10.1. The summed E-state index contributed by atoms with van der Waals surface area (Å²) in [7, 11) is -0.435. The lowest BCUT2D eigenvalue weighted by Crippen LogP contribution is -2.49. The van der Waals surface area contributed by atoms with Gasteiger partial charge in [-0.25, -0.2) is 13.4 Å². The van der Waals surface area contributed by atoms with Gasteiger partial charge in [0.1, 0.15) is 12.1 Å². The molecule has 10 nitrogen and oxygen atoms in total. The summed E-state index contributed by atoms with van der Waals surface area (Å²) in [4.78, 5) is 11.3. The summed E-state index contributed by atoms with van der Waals surface area (Å²) >= 11 is 0. The highest BCUT2D eigenvalue weighted by Crippen LogP contribution is 2.37. The molecule has 1 saturated heterocycles. The van der Waals surface area contributed by atoms with Crippen LogP contribution in [-0.4, -0.2) is 72.7 Å². The van der Waals surface area contributed by atoms with Gasteiger partial charge in [0.15, 0.2) is 11.5 Å². The van der Waals surface area contributed by atoms with E-state index < -0.39 is 10.0 Å². The van der Waals surface area contributed by atoms with E-state index in [-0.39, 0.29) is 0 Å². The fourth-order valence-corrected chi connectivity index (χ4v) is 6.96. The van der Waals surface area contributed by atoms with E-state index in [9.17, 15) is 8.42 Å². The maximum atomic E-state index is 13.6. The molecule has 37 heavy (non-hydrogen) atoms. The van der Waals surface area contributed by atoms with Crippen LogP contribution in [0, 0.1) is 20.8 Å². The normalized spacial score (nSPS) is 14.8. The lowest BCUT2D eigenvalue weighted by molar-refractivity contribution is 0.355. The predicted octanol–water partition coefficient (Wildman–Crippen LogP) is 3.24. The van der Waals surface area contributed by atoms with E-state index in [1.54, 1.807) is 29.2 Å². The monoisotopic (exact) mass is 522 g/mol. The SMILES string of the molecule is COc1ccc(-c2cnc3ncnn3c2N2CCN(S(=O)(=O)c3c(C)cc(C)cc3C)CC2)cc1OC. The van der Waals surface area contributed by atoms with Crippen molar-refractivity contribution in [2.45, 2.75) is 25.7 Å². The van der Waals surface area contributed by atoms with Crippen molar-refractivity contribution >= 4 is 21.6 Å². The van der Waals surface area contributed by atoms with Gasteiger partial charge in [0.05, 0.1) is 19.1 Å². The molecule has 0 bridgehead atoms. The number of hydrogen-bond donors (Lipinski definition) is 0. The molecule has 1 fully saturated rings. The van der Waals surface area contributed by atoms with E-state index in [0.29, 0.717) is 48.4 Å². The van der Waals surface area contributed by atoms with Crippen molar-refractivity contribution in [3.8, 4) is 22.6 Å².